The van der Waals surface area contributed by atoms with Gasteiger partial charge in [0, 0.05) is 37.6 Å². The zero-order valence-corrected chi connectivity index (χ0v) is 18.3. The topological polar surface area (TPSA) is 121 Å². The van der Waals surface area contributed by atoms with E-state index in [4.69, 9.17) is 10.8 Å². The number of aliphatic imine (C=N–C) groups is 1. The average molecular weight is 475 g/mol. The van der Waals surface area contributed by atoms with Crippen molar-refractivity contribution in [3.05, 3.63) is 66.1 Å². The molecule has 1 amide bonds. The van der Waals surface area contributed by atoms with E-state index < -0.39 is 29.5 Å². The fourth-order valence-corrected chi connectivity index (χ4v) is 3.52. The number of carboxylic acids is 1. The van der Waals surface area contributed by atoms with Crippen molar-refractivity contribution >= 4 is 29.1 Å². The minimum absolute atomic E-state index is 0.111. The van der Waals surface area contributed by atoms with Gasteiger partial charge < -0.3 is 21.1 Å². The predicted octanol–water partition coefficient (Wildman–Crippen LogP) is 3.70. The van der Waals surface area contributed by atoms with Crippen LogP contribution in [0.15, 0.2) is 65.6 Å². The molecule has 1 aliphatic rings. The monoisotopic (exact) mass is 475 g/mol. The van der Waals surface area contributed by atoms with Gasteiger partial charge in [-0.15, -0.1) is 0 Å². The highest BCUT2D eigenvalue weighted by Gasteiger charge is 2.40. The van der Waals surface area contributed by atoms with Crippen LogP contribution in [0.25, 0.3) is 0 Å². The second-order valence-electron chi connectivity index (χ2n) is 7.95. The van der Waals surface area contributed by atoms with E-state index in [0.717, 1.165) is 11.8 Å². The maximum absolute atomic E-state index is 13.6. The Hall–Kier alpha value is -3.89. The Balaban J connectivity index is 1.66. The molecule has 1 aliphatic carbocycles. The Bertz CT molecular complexity index is 1080. The Morgan fingerprint density at radius 2 is 1.88 bits per heavy atom. The Morgan fingerprint density at radius 3 is 2.41 bits per heavy atom. The van der Waals surface area contributed by atoms with Crippen molar-refractivity contribution in [2.75, 3.05) is 12.4 Å². The first-order valence-corrected chi connectivity index (χ1v) is 10.4. The summed E-state index contributed by atoms with van der Waals surface area (Å²) in [6.45, 7) is 0.280. The summed E-state index contributed by atoms with van der Waals surface area (Å²) in [6, 6.07) is 10.9. The molecule has 1 saturated carbocycles. The number of nitrogens with two attached hydrogens (primary N) is 1. The lowest BCUT2D eigenvalue weighted by atomic mass is 9.74. The zero-order chi connectivity index (χ0) is 24.9. The van der Waals surface area contributed by atoms with Crippen LogP contribution in [0, 0.1) is 11.8 Å². The first-order chi connectivity index (χ1) is 16.1. The molecule has 0 bridgehead atoms. The third kappa shape index (κ3) is 6.12. The molecule has 0 radical (unpaired) electrons. The van der Waals surface area contributed by atoms with Crippen LogP contribution in [0.2, 0.25) is 0 Å². The molecule has 1 heterocycles. The van der Waals surface area contributed by atoms with Crippen LogP contribution in [-0.2, 0) is 16.1 Å². The van der Waals surface area contributed by atoms with E-state index in [-0.39, 0.29) is 24.2 Å². The minimum Gasteiger partial charge on any atom is -0.481 e. The van der Waals surface area contributed by atoms with Gasteiger partial charge in [-0.05, 0) is 42.7 Å². The SMILES string of the molecule is CN(Cc1ccc(NC(=CN)C(=Nc2ccccn2)C(F)(F)F)cc1)C(=O)C1CC(C(=O)O)C1. The Labute approximate surface area is 194 Å². The fraction of sp³-hybridized carbons (Fsp3) is 0.304. The van der Waals surface area contributed by atoms with Gasteiger partial charge in [-0.2, -0.15) is 13.2 Å². The third-order valence-corrected chi connectivity index (χ3v) is 5.43. The molecule has 4 N–H and O–H groups in total. The van der Waals surface area contributed by atoms with E-state index in [2.05, 4.69) is 15.3 Å². The van der Waals surface area contributed by atoms with Gasteiger partial charge in [0.05, 0.1) is 11.6 Å². The molecule has 0 unspecified atom stereocenters. The van der Waals surface area contributed by atoms with Gasteiger partial charge in [0.25, 0.3) is 0 Å². The van der Waals surface area contributed by atoms with Gasteiger partial charge in [-0.3, -0.25) is 9.59 Å². The van der Waals surface area contributed by atoms with Crippen molar-refractivity contribution in [2.24, 2.45) is 22.6 Å². The van der Waals surface area contributed by atoms with Crippen LogP contribution in [0.1, 0.15) is 18.4 Å². The normalized spacial score (nSPS) is 18.7. The van der Waals surface area contributed by atoms with Crippen molar-refractivity contribution in [1.82, 2.24) is 9.88 Å². The number of carbonyl (C=O) groups excluding carboxylic acids is 1. The number of nitrogens with zero attached hydrogens (tertiary/aromatic N) is 3. The number of pyridine rings is 1. The second kappa shape index (κ2) is 10.4. The first-order valence-electron chi connectivity index (χ1n) is 10.4. The molecular weight excluding hydrogens is 451 g/mol. The number of allylic oxidation sites excluding steroid dienone is 1. The summed E-state index contributed by atoms with van der Waals surface area (Å²) in [5.74, 6) is -1.91. The maximum Gasteiger partial charge on any atom is 0.435 e. The predicted molar refractivity (Wildman–Crippen MR) is 120 cm³/mol. The smallest absolute Gasteiger partial charge is 0.435 e. The molecule has 11 heteroatoms. The van der Waals surface area contributed by atoms with Crippen LogP contribution in [-0.4, -0.2) is 45.8 Å². The molecular formula is C23H24F3N5O3. The highest BCUT2D eigenvalue weighted by Crippen LogP contribution is 2.35. The van der Waals surface area contributed by atoms with Crippen molar-refractivity contribution in [1.29, 1.82) is 0 Å². The summed E-state index contributed by atoms with van der Waals surface area (Å²) >= 11 is 0. The molecule has 8 nitrogen and oxygen atoms in total. The van der Waals surface area contributed by atoms with Gasteiger partial charge in [-0.25, -0.2) is 9.98 Å². The summed E-state index contributed by atoms with van der Waals surface area (Å²) in [4.78, 5) is 32.3. The number of anilines is 1. The van der Waals surface area contributed by atoms with E-state index in [0.29, 0.717) is 18.5 Å². The van der Waals surface area contributed by atoms with Crippen LogP contribution >= 0.6 is 0 Å². The number of rotatable bonds is 8. The van der Waals surface area contributed by atoms with Gasteiger partial charge in [0.15, 0.2) is 11.5 Å². The molecule has 0 saturated heterocycles. The second-order valence-corrected chi connectivity index (χ2v) is 7.95. The zero-order valence-electron chi connectivity index (χ0n) is 18.3. The minimum atomic E-state index is -4.78. The molecule has 180 valence electrons. The molecule has 2 aromatic rings. The number of aromatic nitrogens is 1. The molecule has 34 heavy (non-hydrogen) atoms. The lowest BCUT2D eigenvalue weighted by Crippen LogP contribution is -2.41. The number of aliphatic carboxylic acids is 1. The Morgan fingerprint density at radius 1 is 1.21 bits per heavy atom. The number of benzene rings is 1. The quantitative estimate of drug-likeness (QED) is 0.501. The molecule has 1 fully saturated rings. The van der Waals surface area contributed by atoms with E-state index in [9.17, 15) is 22.8 Å². The molecule has 0 atom stereocenters. The Kier molecular flexibility index (Phi) is 7.54. The van der Waals surface area contributed by atoms with Crippen molar-refractivity contribution in [3.8, 4) is 0 Å². The van der Waals surface area contributed by atoms with Crippen LogP contribution < -0.4 is 11.1 Å². The van der Waals surface area contributed by atoms with Crippen molar-refractivity contribution < 1.29 is 27.9 Å². The number of halogens is 3. The molecule has 0 spiro atoms. The van der Waals surface area contributed by atoms with E-state index in [1.165, 1.54) is 23.2 Å². The summed E-state index contributed by atoms with van der Waals surface area (Å²) in [6.07, 6.45) is -1.99. The largest absolute Gasteiger partial charge is 0.481 e. The highest BCUT2D eigenvalue weighted by molar-refractivity contribution is 6.07. The number of amides is 1. The van der Waals surface area contributed by atoms with Crippen LogP contribution in [0.3, 0.4) is 0 Å². The lowest BCUT2D eigenvalue weighted by Gasteiger charge is -2.34. The molecule has 0 aliphatic heterocycles. The van der Waals surface area contributed by atoms with Gasteiger partial charge in [0.2, 0.25) is 5.91 Å². The number of hydrogen-bond acceptors (Lipinski definition) is 6. The number of carboxylic acid groups (broad SMARTS) is 1. The summed E-state index contributed by atoms with van der Waals surface area (Å²) in [5, 5.41) is 11.6. The van der Waals surface area contributed by atoms with E-state index in [1.54, 1.807) is 37.4 Å². The first kappa shape index (κ1) is 24.7. The number of alkyl halides is 3. The third-order valence-electron chi connectivity index (χ3n) is 5.43. The van der Waals surface area contributed by atoms with Gasteiger partial charge >= 0.3 is 12.1 Å². The van der Waals surface area contributed by atoms with E-state index >= 15 is 0 Å². The lowest BCUT2D eigenvalue weighted by molar-refractivity contribution is -0.151. The summed E-state index contributed by atoms with van der Waals surface area (Å²) < 4.78 is 40.9. The number of carbonyl (C=O) groups is 2. The number of nitrogens with one attached hydrogen (secondary N) is 1. The van der Waals surface area contributed by atoms with Crippen LogP contribution in [0.5, 0.6) is 0 Å². The fourth-order valence-electron chi connectivity index (χ4n) is 3.52. The van der Waals surface area contributed by atoms with Crippen LogP contribution in [0.4, 0.5) is 24.7 Å². The van der Waals surface area contributed by atoms with Crippen molar-refractivity contribution in [3.63, 3.8) is 0 Å². The molecule has 1 aromatic heterocycles. The average Bonchev–Trinajstić information content (AvgIpc) is 2.76. The maximum atomic E-state index is 13.6. The van der Waals surface area contributed by atoms with Gasteiger partial charge in [-0.1, -0.05) is 18.2 Å². The van der Waals surface area contributed by atoms with Crippen molar-refractivity contribution in [2.45, 2.75) is 25.6 Å². The highest BCUT2D eigenvalue weighted by atomic mass is 19.4. The molecule has 3 rings (SSSR count). The van der Waals surface area contributed by atoms with E-state index in [1.807, 2.05) is 0 Å². The molecule has 1 aromatic carbocycles. The summed E-state index contributed by atoms with van der Waals surface area (Å²) in [5.41, 5.74) is 4.92. The summed E-state index contributed by atoms with van der Waals surface area (Å²) in [7, 11) is 1.63. The standard InChI is InChI=1S/C23H24F3N5O3/c1-31(21(32)15-10-16(11-15)22(33)34)13-14-5-7-17(8-6-14)29-18(12-27)20(23(24,25)26)30-19-4-2-3-9-28-19/h2-9,12,15-16,29H,10-11,13,27H2,1H3,(H,33,34). The number of hydrogen-bond donors (Lipinski definition) is 3. The van der Waals surface area contributed by atoms with Gasteiger partial charge in [0.1, 0.15) is 0 Å².